The van der Waals surface area contributed by atoms with Crippen LogP contribution in [0, 0.1) is 5.92 Å². The van der Waals surface area contributed by atoms with Gasteiger partial charge in [-0.15, -0.1) is 5.10 Å². The van der Waals surface area contributed by atoms with Crippen LogP contribution < -0.4 is 10.6 Å². The van der Waals surface area contributed by atoms with Crippen LogP contribution in [0.1, 0.15) is 32.1 Å². The standard InChI is InChI=1S/C13H23N5/c1-3-11(13-5-2-6-14-13)12(4-1)15-7-9-18-10-8-16-17-18/h8,10-15H,1-7,9H2. The molecule has 2 aliphatic rings. The highest BCUT2D eigenvalue weighted by Crippen LogP contribution is 2.31. The summed E-state index contributed by atoms with van der Waals surface area (Å²) in [6, 6.07) is 1.46. The Morgan fingerprint density at radius 3 is 3.06 bits per heavy atom. The van der Waals surface area contributed by atoms with E-state index >= 15 is 0 Å². The summed E-state index contributed by atoms with van der Waals surface area (Å²) in [4.78, 5) is 0. The second kappa shape index (κ2) is 5.80. The Morgan fingerprint density at radius 1 is 1.28 bits per heavy atom. The van der Waals surface area contributed by atoms with E-state index in [0.29, 0.717) is 6.04 Å². The smallest absolute Gasteiger partial charge is 0.0692 e. The van der Waals surface area contributed by atoms with E-state index in [4.69, 9.17) is 0 Å². The fourth-order valence-corrected chi connectivity index (χ4v) is 3.52. The van der Waals surface area contributed by atoms with Gasteiger partial charge in [0.2, 0.25) is 0 Å². The molecule has 0 bridgehead atoms. The number of nitrogens with one attached hydrogen (secondary N) is 2. The van der Waals surface area contributed by atoms with Crippen molar-refractivity contribution in [2.24, 2.45) is 5.92 Å². The van der Waals surface area contributed by atoms with Crippen LogP contribution in [0.15, 0.2) is 12.4 Å². The van der Waals surface area contributed by atoms with Crippen molar-refractivity contribution in [3.05, 3.63) is 12.4 Å². The molecule has 1 saturated carbocycles. The predicted molar refractivity (Wildman–Crippen MR) is 70.2 cm³/mol. The summed E-state index contributed by atoms with van der Waals surface area (Å²) in [5.74, 6) is 0.836. The zero-order chi connectivity index (χ0) is 12.2. The molecule has 0 aromatic carbocycles. The predicted octanol–water partition coefficient (Wildman–Crippen LogP) is 0.788. The molecule has 0 spiro atoms. The lowest BCUT2D eigenvalue weighted by molar-refractivity contribution is 0.316. The van der Waals surface area contributed by atoms with Crippen LogP contribution in [-0.2, 0) is 6.54 Å². The first-order valence-corrected chi connectivity index (χ1v) is 7.24. The number of hydrogen-bond donors (Lipinski definition) is 2. The molecule has 2 N–H and O–H groups in total. The molecule has 1 aromatic heterocycles. The van der Waals surface area contributed by atoms with Crippen molar-refractivity contribution in [2.75, 3.05) is 13.1 Å². The lowest BCUT2D eigenvalue weighted by Gasteiger charge is -2.26. The minimum absolute atomic E-state index is 0.698. The van der Waals surface area contributed by atoms with E-state index in [0.717, 1.165) is 25.0 Å². The van der Waals surface area contributed by atoms with Gasteiger partial charge >= 0.3 is 0 Å². The van der Waals surface area contributed by atoms with Gasteiger partial charge in [-0.05, 0) is 38.1 Å². The molecule has 100 valence electrons. The zero-order valence-corrected chi connectivity index (χ0v) is 10.9. The molecule has 2 heterocycles. The Bertz CT molecular complexity index is 344. The third-order valence-electron chi connectivity index (χ3n) is 4.40. The maximum absolute atomic E-state index is 3.99. The molecule has 1 aliphatic carbocycles. The van der Waals surface area contributed by atoms with Crippen molar-refractivity contribution in [3.63, 3.8) is 0 Å². The second-order valence-corrected chi connectivity index (χ2v) is 5.52. The Morgan fingerprint density at radius 2 is 2.28 bits per heavy atom. The van der Waals surface area contributed by atoms with E-state index in [1.54, 1.807) is 6.20 Å². The molecule has 3 unspecified atom stereocenters. The summed E-state index contributed by atoms with van der Waals surface area (Å²) in [6.45, 7) is 3.13. The van der Waals surface area contributed by atoms with E-state index in [-0.39, 0.29) is 0 Å². The SMILES string of the molecule is c1cn(CCNC2CCCC2C2CCCN2)nn1. The van der Waals surface area contributed by atoms with Gasteiger partial charge in [0.05, 0.1) is 12.7 Å². The molecule has 18 heavy (non-hydrogen) atoms. The van der Waals surface area contributed by atoms with Crippen LogP contribution in [0.3, 0.4) is 0 Å². The van der Waals surface area contributed by atoms with Crippen molar-refractivity contribution in [1.82, 2.24) is 25.6 Å². The molecule has 0 amide bonds. The highest BCUT2D eigenvalue weighted by atomic mass is 15.4. The number of aromatic nitrogens is 3. The van der Waals surface area contributed by atoms with Gasteiger partial charge in [0.25, 0.3) is 0 Å². The van der Waals surface area contributed by atoms with Gasteiger partial charge in [0.1, 0.15) is 0 Å². The maximum atomic E-state index is 3.99. The average Bonchev–Trinajstić information content (AvgIpc) is 3.12. The third-order valence-corrected chi connectivity index (χ3v) is 4.40. The number of rotatable bonds is 5. The van der Waals surface area contributed by atoms with E-state index in [9.17, 15) is 0 Å². The first-order chi connectivity index (χ1) is 8.93. The van der Waals surface area contributed by atoms with Gasteiger partial charge in [-0.25, -0.2) is 0 Å². The monoisotopic (exact) mass is 249 g/mol. The van der Waals surface area contributed by atoms with Crippen LogP contribution in [-0.4, -0.2) is 40.2 Å². The summed E-state index contributed by atoms with van der Waals surface area (Å²) in [7, 11) is 0. The quantitative estimate of drug-likeness (QED) is 0.810. The molecule has 3 rings (SSSR count). The second-order valence-electron chi connectivity index (χ2n) is 5.52. The summed E-state index contributed by atoms with van der Waals surface area (Å²) in [5, 5.41) is 15.2. The average molecular weight is 249 g/mol. The number of hydrogen-bond acceptors (Lipinski definition) is 4. The Labute approximate surface area is 108 Å². The van der Waals surface area contributed by atoms with Crippen molar-refractivity contribution in [2.45, 2.75) is 50.7 Å². The Kier molecular flexibility index (Phi) is 3.90. The summed E-state index contributed by atoms with van der Waals surface area (Å²) < 4.78 is 1.89. The summed E-state index contributed by atoms with van der Waals surface area (Å²) >= 11 is 0. The lowest BCUT2D eigenvalue weighted by Crippen LogP contribution is -2.43. The normalized spacial score (nSPS) is 32.1. The molecular weight excluding hydrogens is 226 g/mol. The fourth-order valence-electron chi connectivity index (χ4n) is 3.52. The molecular formula is C13H23N5. The van der Waals surface area contributed by atoms with Crippen molar-refractivity contribution in [1.29, 1.82) is 0 Å². The van der Waals surface area contributed by atoms with Gasteiger partial charge in [0.15, 0.2) is 0 Å². The van der Waals surface area contributed by atoms with Gasteiger partial charge in [-0.2, -0.15) is 0 Å². The highest BCUT2D eigenvalue weighted by Gasteiger charge is 2.34. The first kappa shape index (κ1) is 12.1. The summed E-state index contributed by atoms with van der Waals surface area (Å²) in [6.07, 6.45) is 10.5. The zero-order valence-electron chi connectivity index (χ0n) is 10.9. The summed E-state index contributed by atoms with van der Waals surface area (Å²) in [5.41, 5.74) is 0. The van der Waals surface area contributed by atoms with Gasteiger partial charge in [-0.3, -0.25) is 4.68 Å². The van der Waals surface area contributed by atoms with Crippen LogP contribution >= 0.6 is 0 Å². The van der Waals surface area contributed by atoms with E-state index in [1.807, 2.05) is 10.9 Å². The molecule has 2 fully saturated rings. The molecule has 5 heteroatoms. The molecule has 1 saturated heterocycles. The molecule has 5 nitrogen and oxygen atoms in total. The van der Waals surface area contributed by atoms with Crippen molar-refractivity contribution in [3.8, 4) is 0 Å². The Hall–Kier alpha value is -0.940. The topological polar surface area (TPSA) is 54.8 Å². The van der Waals surface area contributed by atoms with Crippen molar-refractivity contribution >= 4 is 0 Å². The van der Waals surface area contributed by atoms with E-state index < -0.39 is 0 Å². The molecule has 0 radical (unpaired) electrons. The molecule has 1 aromatic rings. The molecule has 3 atom stereocenters. The maximum Gasteiger partial charge on any atom is 0.0692 e. The van der Waals surface area contributed by atoms with E-state index in [2.05, 4.69) is 20.9 Å². The number of nitrogens with zero attached hydrogens (tertiary/aromatic N) is 3. The van der Waals surface area contributed by atoms with E-state index in [1.165, 1.54) is 38.6 Å². The largest absolute Gasteiger partial charge is 0.314 e. The van der Waals surface area contributed by atoms with Crippen LogP contribution in [0.5, 0.6) is 0 Å². The third kappa shape index (κ3) is 2.72. The van der Waals surface area contributed by atoms with Gasteiger partial charge in [0, 0.05) is 24.8 Å². The van der Waals surface area contributed by atoms with Gasteiger partial charge < -0.3 is 10.6 Å². The highest BCUT2D eigenvalue weighted by molar-refractivity contribution is 4.93. The minimum atomic E-state index is 0.698. The lowest BCUT2D eigenvalue weighted by atomic mass is 9.93. The van der Waals surface area contributed by atoms with Crippen molar-refractivity contribution < 1.29 is 0 Å². The minimum Gasteiger partial charge on any atom is -0.314 e. The van der Waals surface area contributed by atoms with Crippen LogP contribution in [0.4, 0.5) is 0 Å². The van der Waals surface area contributed by atoms with Crippen LogP contribution in [0.2, 0.25) is 0 Å². The van der Waals surface area contributed by atoms with Gasteiger partial charge in [-0.1, -0.05) is 11.6 Å². The molecule has 1 aliphatic heterocycles. The van der Waals surface area contributed by atoms with Crippen LogP contribution in [0.25, 0.3) is 0 Å². The fraction of sp³-hybridized carbons (Fsp3) is 0.846. The first-order valence-electron chi connectivity index (χ1n) is 7.24. The Balaban J connectivity index is 1.46.